The van der Waals surface area contributed by atoms with Crippen LogP contribution in [0, 0.1) is 0 Å². The number of urea groups is 1. The number of carbonyl (C=O) groups is 2. The lowest BCUT2D eigenvalue weighted by Gasteiger charge is -2.39. The average molecular weight is 682 g/mol. The number of amides is 2. The van der Waals surface area contributed by atoms with Crippen LogP contribution in [0.1, 0.15) is 66.6 Å². The van der Waals surface area contributed by atoms with Gasteiger partial charge in [-0.15, -0.1) is 0 Å². The molecule has 0 aromatic heterocycles. The molecule has 0 radical (unpaired) electrons. The molecular formula is C40H47N3O7. The Morgan fingerprint density at radius 1 is 0.880 bits per heavy atom. The molecule has 264 valence electrons. The molecule has 2 amide bonds. The summed E-state index contributed by atoms with van der Waals surface area (Å²) in [6.07, 6.45) is -1.03. The summed E-state index contributed by atoms with van der Waals surface area (Å²) in [4.78, 5) is 25.8. The molecule has 4 aromatic rings. The molecule has 4 N–H and O–H groups in total. The summed E-state index contributed by atoms with van der Waals surface area (Å²) >= 11 is 0. The van der Waals surface area contributed by atoms with E-state index in [2.05, 4.69) is 15.5 Å². The van der Waals surface area contributed by atoms with Gasteiger partial charge in [0.1, 0.15) is 6.54 Å². The predicted octanol–water partition coefficient (Wildman–Crippen LogP) is 5.81. The molecule has 0 spiro atoms. The zero-order chi connectivity index (χ0) is 35.5. The number of hydrogen-bond donors (Lipinski definition) is 4. The van der Waals surface area contributed by atoms with E-state index in [4.69, 9.17) is 14.2 Å². The van der Waals surface area contributed by atoms with E-state index >= 15 is 0 Å². The summed E-state index contributed by atoms with van der Waals surface area (Å²) in [5.74, 6) is -0.486. The van der Waals surface area contributed by atoms with E-state index in [0.717, 1.165) is 38.9 Å². The number of hydrogen-bond acceptors (Lipinski definition) is 8. The predicted molar refractivity (Wildman–Crippen MR) is 191 cm³/mol. The zero-order valence-electron chi connectivity index (χ0n) is 28.8. The molecule has 1 aliphatic heterocycles. The van der Waals surface area contributed by atoms with Crippen LogP contribution in [0.3, 0.4) is 0 Å². The number of benzene rings is 4. The zero-order valence-corrected chi connectivity index (χ0v) is 28.8. The summed E-state index contributed by atoms with van der Waals surface area (Å²) < 4.78 is 18.0. The van der Waals surface area contributed by atoms with Gasteiger partial charge in [-0.1, -0.05) is 97.1 Å². The highest BCUT2D eigenvalue weighted by Gasteiger charge is 2.34. The van der Waals surface area contributed by atoms with Gasteiger partial charge in [0.15, 0.2) is 6.29 Å². The summed E-state index contributed by atoms with van der Waals surface area (Å²) in [7, 11) is 2.00. The Morgan fingerprint density at radius 3 is 2.30 bits per heavy atom. The molecule has 10 heteroatoms. The van der Waals surface area contributed by atoms with Gasteiger partial charge in [-0.3, -0.25) is 9.69 Å². The van der Waals surface area contributed by atoms with Crippen molar-refractivity contribution in [3.63, 3.8) is 0 Å². The van der Waals surface area contributed by atoms with Crippen LogP contribution in [0.5, 0.6) is 0 Å². The van der Waals surface area contributed by atoms with E-state index in [9.17, 15) is 19.8 Å². The Bertz CT molecular complexity index is 1670. The highest BCUT2D eigenvalue weighted by Crippen LogP contribution is 2.39. The van der Waals surface area contributed by atoms with Crippen LogP contribution in [0.15, 0.2) is 103 Å². The first-order valence-electron chi connectivity index (χ1n) is 17.0. The number of nitrogens with one attached hydrogen (secondary N) is 2. The molecule has 5 rings (SSSR count). The Hall–Kier alpha value is -4.58. The van der Waals surface area contributed by atoms with Crippen molar-refractivity contribution in [2.75, 3.05) is 26.7 Å². The third-order valence-electron chi connectivity index (χ3n) is 8.99. The van der Waals surface area contributed by atoms with Crippen molar-refractivity contribution < 1.29 is 34.0 Å². The topological polar surface area (TPSA) is 130 Å². The molecule has 1 aliphatic rings. The first-order valence-corrected chi connectivity index (χ1v) is 17.0. The number of rotatable bonds is 14. The van der Waals surface area contributed by atoms with Crippen molar-refractivity contribution in [2.24, 2.45) is 0 Å². The molecule has 10 nitrogen and oxygen atoms in total. The number of carbonyl (C=O) groups excluding carboxylic acids is 2. The summed E-state index contributed by atoms with van der Waals surface area (Å²) in [6.45, 7) is 4.67. The number of esters is 1. The van der Waals surface area contributed by atoms with Crippen molar-refractivity contribution in [1.82, 2.24) is 15.5 Å². The van der Waals surface area contributed by atoms with Crippen molar-refractivity contribution in [1.29, 1.82) is 0 Å². The molecular weight excluding hydrogens is 634 g/mol. The van der Waals surface area contributed by atoms with Crippen molar-refractivity contribution in [2.45, 2.75) is 64.1 Å². The first kappa shape index (κ1) is 36.7. The van der Waals surface area contributed by atoms with Crippen molar-refractivity contribution in [3.8, 4) is 11.1 Å². The van der Waals surface area contributed by atoms with E-state index in [1.807, 2.05) is 117 Å². The number of ether oxygens (including phenoxy) is 3. The van der Waals surface area contributed by atoms with Gasteiger partial charge >= 0.3 is 12.0 Å². The SMILES string of the molecule is CCOC(=O)CNC(=O)NCc1cccc(-c2ccc([C@@H]3O[C@H](CN(C)[C@H](C)[C@@H](O)c4ccccc4)C[C@H](c4ccc(CO)cc4)O3)cc2)c1. The lowest BCUT2D eigenvalue weighted by Crippen LogP contribution is -2.43. The minimum atomic E-state index is -0.644. The molecule has 1 fully saturated rings. The average Bonchev–Trinajstić information content (AvgIpc) is 3.16. The molecule has 0 bridgehead atoms. The van der Waals surface area contributed by atoms with Gasteiger partial charge < -0.3 is 35.1 Å². The second-order valence-electron chi connectivity index (χ2n) is 12.5. The number of aliphatic hydroxyl groups excluding tert-OH is 2. The largest absolute Gasteiger partial charge is 0.465 e. The van der Waals surface area contributed by atoms with Gasteiger partial charge in [-0.2, -0.15) is 0 Å². The molecule has 0 unspecified atom stereocenters. The molecule has 1 heterocycles. The Balaban J connectivity index is 1.27. The maximum absolute atomic E-state index is 12.1. The van der Waals surface area contributed by atoms with Crippen LogP contribution in [0.25, 0.3) is 11.1 Å². The van der Waals surface area contributed by atoms with E-state index in [1.54, 1.807) is 6.92 Å². The monoisotopic (exact) mass is 681 g/mol. The quantitative estimate of drug-likeness (QED) is 0.123. The second-order valence-corrected chi connectivity index (χ2v) is 12.5. The summed E-state index contributed by atoms with van der Waals surface area (Å²) in [5.41, 5.74) is 6.49. The lowest BCUT2D eigenvalue weighted by atomic mass is 9.98. The normalized spacial score (nSPS) is 18.6. The van der Waals surface area contributed by atoms with E-state index in [-0.39, 0.29) is 38.0 Å². The summed E-state index contributed by atoms with van der Waals surface area (Å²) in [6, 6.07) is 32.9. The van der Waals surface area contributed by atoms with Gasteiger partial charge in [0.2, 0.25) is 0 Å². The van der Waals surface area contributed by atoms with Gasteiger partial charge in [0, 0.05) is 31.1 Å². The number of likely N-dealkylation sites (N-methyl/N-ethyl adjacent to an activating group) is 1. The van der Waals surface area contributed by atoms with Crippen molar-refractivity contribution in [3.05, 3.63) is 131 Å². The maximum Gasteiger partial charge on any atom is 0.325 e. The molecule has 4 aromatic carbocycles. The number of aliphatic hydroxyl groups is 2. The van der Waals surface area contributed by atoms with Crippen LogP contribution in [0.2, 0.25) is 0 Å². The van der Waals surface area contributed by atoms with Crippen LogP contribution in [-0.2, 0) is 32.2 Å². The van der Waals surface area contributed by atoms with E-state index in [0.29, 0.717) is 19.5 Å². The molecule has 50 heavy (non-hydrogen) atoms. The van der Waals surface area contributed by atoms with Crippen LogP contribution in [0.4, 0.5) is 4.79 Å². The second kappa shape index (κ2) is 17.9. The van der Waals surface area contributed by atoms with Gasteiger partial charge in [0.05, 0.1) is 31.5 Å². The molecule has 5 atom stereocenters. The minimum Gasteiger partial charge on any atom is -0.465 e. The van der Waals surface area contributed by atoms with Crippen LogP contribution >= 0.6 is 0 Å². The standard InChI is InChI=1S/C40H47N3O7/c1-4-48-37(45)24-42-40(47)41-23-29-9-8-12-34(21-29)30-17-19-33(20-18-30)39-49-35(22-36(50-39)31-15-13-28(26-44)14-16-31)25-43(3)27(2)38(46)32-10-6-5-7-11-32/h5-21,27,35-36,38-39,44,46H,4,22-26H2,1-3H3,(H2,41,42,47)/t27-,35+,36-,38-,39-/m1/s1. The fourth-order valence-corrected chi connectivity index (χ4v) is 5.99. The third kappa shape index (κ3) is 9.99. The fourth-order valence-electron chi connectivity index (χ4n) is 5.99. The first-order chi connectivity index (χ1) is 24.2. The van der Waals surface area contributed by atoms with Crippen molar-refractivity contribution >= 4 is 12.0 Å². The van der Waals surface area contributed by atoms with E-state index < -0.39 is 24.4 Å². The number of nitrogens with zero attached hydrogens (tertiary/aromatic N) is 1. The molecule has 0 aliphatic carbocycles. The maximum atomic E-state index is 12.1. The minimum absolute atomic E-state index is 0.0230. The fraction of sp³-hybridized carbons (Fsp3) is 0.350. The van der Waals surface area contributed by atoms with Gasteiger partial charge in [-0.25, -0.2) is 4.79 Å². The Morgan fingerprint density at radius 2 is 1.60 bits per heavy atom. The van der Waals surface area contributed by atoms with Gasteiger partial charge in [0.25, 0.3) is 0 Å². The highest BCUT2D eigenvalue weighted by atomic mass is 16.7. The molecule has 1 saturated heterocycles. The van der Waals surface area contributed by atoms with E-state index in [1.165, 1.54) is 0 Å². The Labute approximate surface area is 294 Å². The smallest absolute Gasteiger partial charge is 0.325 e. The van der Waals surface area contributed by atoms with Gasteiger partial charge in [-0.05, 0) is 60.3 Å². The molecule has 0 saturated carbocycles. The highest BCUT2D eigenvalue weighted by molar-refractivity contribution is 5.80. The van der Waals surface area contributed by atoms with Crippen LogP contribution < -0.4 is 10.6 Å². The third-order valence-corrected chi connectivity index (χ3v) is 8.99. The lowest BCUT2D eigenvalue weighted by molar-refractivity contribution is -0.253. The summed E-state index contributed by atoms with van der Waals surface area (Å²) in [5, 5.41) is 25.9. The Kier molecular flexibility index (Phi) is 13.1. The van der Waals surface area contributed by atoms with Crippen LogP contribution in [-0.4, -0.2) is 66.0 Å².